The third kappa shape index (κ3) is 2.98. The first-order valence-electron chi connectivity index (χ1n) is 9.96. The number of carbonyl (C=O) groups excluding carboxylic acids is 3. The fraction of sp³-hybridized carbons (Fsp3) is 0.571. The van der Waals surface area contributed by atoms with Crippen molar-refractivity contribution in [2.75, 3.05) is 13.2 Å². The maximum Gasteiger partial charge on any atom is 0.312 e. The molecule has 0 saturated carbocycles. The standard InChI is InChI=1S/C21H25NO6/c1-3-10-26-20(24)13-14(21(25)27-11-4-2)18-16-15(17(13)28-18)22(16)19(23)12-8-6-5-7-9-12/h5-9,13-18H,3-4,10-11H2,1-2H3/t13-,14-,15-,16+,17+,18-,22?/m1/s1. The molecular weight excluding hydrogens is 362 g/mol. The highest BCUT2D eigenvalue weighted by Gasteiger charge is 2.76. The number of hydrogen-bond acceptors (Lipinski definition) is 6. The van der Waals surface area contributed by atoms with Gasteiger partial charge in [-0.15, -0.1) is 0 Å². The predicted molar refractivity (Wildman–Crippen MR) is 98.3 cm³/mol. The lowest BCUT2D eigenvalue weighted by Gasteiger charge is -2.23. The average Bonchev–Trinajstić information content (AvgIpc) is 3.21. The molecule has 0 aliphatic carbocycles. The summed E-state index contributed by atoms with van der Waals surface area (Å²) in [5.41, 5.74) is 0.589. The second-order valence-corrected chi connectivity index (χ2v) is 7.51. The Bertz CT molecular complexity index is 727. The quantitative estimate of drug-likeness (QED) is 0.524. The van der Waals surface area contributed by atoms with E-state index in [1.165, 1.54) is 0 Å². The zero-order valence-corrected chi connectivity index (χ0v) is 16.1. The molecule has 1 aromatic rings. The van der Waals surface area contributed by atoms with Crippen LogP contribution in [0, 0.1) is 11.8 Å². The summed E-state index contributed by atoms with van der Waals surface area (Å²) in [7, 11) is 0. The number of morpholine rings is 1. The first-order valence-corrected chi connectivity index (χ1v) is 9.96. The van der Waals surface area contributed by atoms with Gasteiger partial charge in [-0.25, -0.2) is 0 Å². The molecule has 0 aromatic heterocycles. The minimum Gasteiger partial charge on any atom is -0.465 e. The second-order valence-electron chi connectivity index (χ2n) is 7.51. The molecule has 150 valence electrons. The normalized spacial score (nSPS) is 32.0. The lowest BCUT2D eigenvalue weighted by Crippen LogP contribution is -2.43. The minimum absolute atomic E-state index is 0.0999. The number of nitrogens with zero attached hydrogens (tertiary/aromatic N) is 1. The maximum atomic E-state index is 12.9. The molecule has 6 atom stereocenters. The Morgan fingerprint density at radius 1 is 0.893 bits per heavy atom. The number of esters is 2. The molecule has 4 rings (SSSR count). The Balaban J connectivity index is 1.55. The van der Waals surface area contributed by atoms with Crippen LogP contribution in [0.2, 0.25) is 0 Å². The van der Waals surface area contributed by atoms with Gasteiger partial charge >= 0.3 is 11.9 Å². The number of carbonyl (C=O) groups is 3. The van der Waals surface area contributed by atoms with Crippen LogP contribution in [0.15, 0.2) is 30.3 Å². The van der Waals surface area contributed by atoms with E-state index in [4.69, 9.17) is 14.2 Å². The van der Waals surface area contributed by atoms with Crippen LogP contribution in [0.25, 0.3) is 0 Å². The topological polar surface area (TPSA) is 81.9 Å². The van der Waals surface area contributed by atoms with Crippen molar-refractivity contribution in [3.8, 4) is 0 Å². The molecule has 3 heterocycles. The zero-order chi connectivity index (χ0) is 19.8. The molecule has 2 bridgehead atoms. The molecule has 0 spiro atoms. The van der Waals surface area contributed by atoms with E-state index in [0.717, 1.165) is 0 Å². The molecule has 0 unspecified atom stereocenters. The van der Waals surface area contributed by atoms with Crippen molar-refractivity contribution in [2.45, 2.75) is 51.0 Å². The van der Waals surface area contributed by atoms with Gasteiger partial charge in [-0.1, -0.05) is 32.0 Å². The van der Waals surface area contributed by atoms with Crippen LogP contribution < -0.4 is 0 Å². The van der Waals surface area contributed by atoms with Gasteiger partial charge in [0.25, 0.3) is 5.91 Å². The number of benzene rings is 1. The zero-order valence-electron chi connectivity index (χ0n) is 16.1. The van der Waals surface area contributed by atoms with Crippen LogP contribution in [0.3, 0.4) is 0 Å². The van der Waals surface area contributed by atoms with E-state index in [1.54, 1.807) is 17.0 Å². The molecule has 3 aliphatic heterocycles. The summed E-state index contributed by atoms with van der Waals surface area (Å²) in [5.74, 6) is -2.43. The minimum atomic E-state index is -0.726. The van der Waals surface area contributed by atoms with Crippen molar-refractivity contribution in [1.82, 2.24) is 4.90 Å². The third-order valence-corrected chi connectivity index (χ3v) is 5.68. The number of likely N-dealkylation sites (tertiary alicyclic amines) is 1. The number of amides is 1. The van der Waals surface area contributed by atoms with Crippen LogP contribution in [0.4, 0.5) is 0 Å². The van der Waals surface area contributed by atoms with Crippen LogP contribution in [-0.4, -0.2) is 60.3 Å². The van der Waals surface area contributed by atoms with E-state index in [-0.39, 0.29) is 18.0 Å². The smallest absolute Gasteiger partial charge is 0.312 e. The summed E-state index contributed by atoms with van der Waals surface area (Å²) in [6, 6.07) is 8.63. The largest absolute Gasteiger partial charge is 0.465 e. The summed E-state index contributed by atoms with van der Waals surface area (Å²) < 4.78 is 16.6. The third-order valence-electron chi connectivity index (χ3n) is 5.68. The molecule has 1 amide bonds. The highest BCUT2D eigenvalue weighted by molar-refractivity contribution is 5.97. The van der Waals surface area contributed by atoms with Gasteiger partial charge in [0.05, 0.1) is 37.5 Å². The molecule has 7 heteroatoms. The van der Waals surface area contributed by atoms with Gasteiger partial charge in [0, 0.05) is 5.56 Å². The highest BCUT2D eigenvalue weighted by Crippen LogP contribution is 2.56. The number of ether oxygens (including phenoxy) is 3. The number of fused-ring (bicyclic) bond motifs is 5. The Hall–Kier alpha value is -2.41. The molecule has 3 saturated heterocycles. The van der Waals surface area contributed by atoms with E-state index in [1.807, 2.05) is 32.0 Å². The van der Waals surface area contributed by atoms with Crippen LogP contribution in [0.5, 0.6) is 0 Å². The van der Waals surface area contributed by atoms with Crippen molar-refractivity contribution in [2.24, 2.45) is 11.8 Å². The Kier molecular flexibility index (Phi) is 5.10. The van der Waals surface area contributed by atoms with E-state index < -0.39 is 36.0 Å². The van der Waals surface area contributed by atoms with Crippen LogP contribution >= 0.6 is 0 Å². The monoisotopic (exact) mass is 387 g/mol. The summed E-state index contributed by atoms with van der Waals surface area (Å²) >= 11 is 0. The van der Waals surface area contributed by atoms with Crippen molar-refractivity contribution in [1.29, 1.82) is 0 Å². The molecule has 0 radical (unpaired) electrons. The Labute approximate surface area is 163 Å². The van der Waals surface area contributed by atoms with Gasteiger partial charge in [-0.3, -0.25) is 14.4 Å². The van der Waals surface area contributed by atoms with Crippen molar-refractivity contribution >= 4 is 17.8 Å². The first-order chi connectivity index (χ1) is 13.6. The highest BCUT2D eigenvalue weighted by atomic mass is 16.6. The molecule has 28 heavy (non-hydrogen) atoms. The van der Waals surface area contributed by atoms with Crippen molar-refractivity contribution in [3.63, 3.8) is 0 Å². The fourth-order valence-electron chi connectivity index (χ4n) is 4.48. The van der Waals surface area contributed by atoms with E-state index >= 15 is 0 Å². The van der Waals surface area contributed by atoms with E-state index in [9.17, 15) is 14.4 Å². The molecular formula is C21H25NO6. The van der Waals surface area contributed by atoms with Gasteiger partial charge in [0.1, 0.15) is 11.8 Å². The summed E-state index contributed by atoms with van der Waals surface area (Å²) in [5, 5.41) is 0. The molecule has 7 nitrogen and oxygen atoms in total. The molecule has 0 N–H and O–H groups in total. The van der Waals surface area contributed by atoms with Gasteiger partial charge in [0.2, 0.25) is 0 Å². The SMILES string of the molecule is CCCOC(=O)[C@H]1[C@H]2O[C@@H]([C@@H]1C(=O)OCCC)[C@H]1[C@@H]2N1C(=O)c1ccccc1. The number of hydrogen-bond donors (Lipinski definition) is 0. The van der Waals surface area contributed by atoms with Crippen LogP contribution in [-0.2, 0) is 23.8 Å². The van der Waals surface area contributed by atoms with Gasteiger partial charge in [0.15, 0.2) is 0 Å². The Morgan fingerprint density at radius 3 is 1.86 bits per heavy atom. The maximum absolute atomic E-state index is 12.9. The predicted octanol–water partition coefficient (Wildman–Crippen LogP) is 1.80. The summed E-state index contributed by atoms with van der Waals surface area (Å²) in [6.07, 6.45) is 0.351. The molecule has 3 fully saturated rings. The summed E-state index contributed by atoms with van der Waals surface area (Å²) in [6.45, 7) is 4.41. The summed E-state index contributed by atoms with van der Waals surface area (Å²) in [4.78, 5) is 40.0. The van der Waals surface area contributed by atoms with Gasteiger partial charge in [-0.2, -0.15) is 0 Å². The molecule has 1 aromatic carbocycles. The van der Waals surface area contributed by atoms with Crippen molar-refractivity contribution < 1.29 is 28.6 Å². The number of rotatable bonds is 7. The lowest BCUT2D eigenvalue weighted by molar-refractivity contribution is -0.160. The second kappa shape index (κ2) is 7.54. The van der Waals surface area contributed by atoms with Crippen LogP contribution in [0.1, 0.15) is 37.0 Å². The van der Waals surface area contributed by atoms with Gasteiger partial charge < -0.3 is 19.1 Å². The average molecular weight is 387 g/mol. The first kappa shape index (κ1) is 18.9. The van der Waals surface area contributed by atoms with Gasteiger partial charge in [-0.05, 0) is 25.0 Å². The fourth-order valence-corrected chi connectivity index (χ4v) is 4.48. The lowest BCUT2D eigenvalue weighted by atomic mass is 9.79. The van der Waals surface area contributed by atoms with E-state index in [2.05, 4.69) is 0 Å². The van der Waals surface area contributed by atoms with Crippen molar-refractivity contribution in [3.05, 3.63) is 35.9 Å². The Morgan fingerprint density at radius 2 is 1.39 bits per heavy atom. The molecule has 3 aliphatic rings. The van der Waals surface area contributed by atoms with E-state index in [0.29, 0.717) is 31.6 Å².